The van der Waals surface area contributed by atoms with Gasteiger partial charge in [-0.25, -0.2) is 0 Å². The molecule has 0 unspecified atom stereocenters. The Bertz CT molecular complexity index is 118. The SMILES string of the molecule is O.O=[N+]([O-])[O-].O=[N+]([O-])[O-].O=[N+]([O-])[O-].[Na+].[Zn+2]. The molecule has 0 aliphatic carbocycles. The number of nitrogens with zero attached hydrogens (tertiary/aromatic N) is 3. The molecule has 0 atom stereocenters. The predicted molar refractivity (Wildman–Crippen MR) is 34.7 cm³/mol. The fraction of sp³-hybridized carbons (Fsp3) is 0. The van der Waals surface area contributed by atoms with Crippen LogP contribution >= 0.6 is 0 Å². The molecule has 0 spiro atoms. The minimum Gasteiger partial charge on any atom is -0.412 e. The molecule has 15 heavy (non-hydrogen) atoms. The van der Waals surface area contributed by atoms with E-state index in [0.29, 0.717) is 0 Å². The zero-order valence-electron chi connectivity index (χ0n) is 7.22. The number of hydrogen-bond donors (Lipinski definition) is 0. The first-order valence-electron chi connectivity index (χ1n) is 1.64. The van der Waals surface area contributed by atoms with Crippen LogP contribution in [0.4, 0.5) is 0 Å². The Hall–Kier alpha value is -0.817. The van der Waals surface area contributed by atoms with Crippen molar-refractivity contribution in [2.45, 2.75) is 0 Å². The molecular formula is H2N3NaO10Zn. The molecule has 0 heterocycles. The molecule has 0 aromatic carbocycles. The molecule has 80 valence electrons. The van der Waals surface area contributed by atoms with E-state index in [9.17, 15) is 0 Å². The third-order valence-corrected chi connectivity index (χ3v) is 0. The summed E-state index contributed by atoms with van der Waals surface area (Å²) in [7, 11) is 0. The van der Waals surface area contributed by atoms with Gasteiger partial charge in [0.2, 0.25) is 0 Å². The maximum absolute atomic E-state index is 8.25. The van der Waals surface area contributed by atoms with Gasteiger partial charge in [0.1, 0.15) is 0 Å². The van der Waals surface area contributed by atoms with E-state index < -0.39 is 15.3 Å². The summed E-state index contributed by atoms with van der Waals surface area (Å²) < 4.78 is 0. The van der Waals surface area contributed by atoms with Gasteiger partial charge in [-0.2, -0.15) is 0 Å². The van der Waals surface area contributed by atoms with Crippen molar-refractivity contribution in [3.63, 3.8) is 0 Å². The fourth-order valence-electron chi connectivity index (χ4n) is 0. The molecule has 0 saturated heterocycles. The van der Waals surface area contributed by atoms with Crippen LogP contribution in [-0.4, -0.2) is 20.7 Å². The van der Waals surface area contributed by atoms with E-state index in [4.69, 9.17) is 46.0 Å². The van der Waals surface area contributed by atoms with Gasteiger partial charge in [-0.3, -0.25) is 0 Å². The van der Waals surface area contributed by atoms with Gasteiger partial charge in [-0.1, -0.05) is 0 Å². The number of rotatable bonds is 0. The molecule has 0 bridgehead atoms. The van der Waals surface area contributed by atoms with Crippen LogP contribution in [0.15, 0.2) is 0 Å². The molecular weight excluding hydrogens is 290 g/mol. The van der Waals surface area contributed by atoms with Gasteiger partial charge in [0.05, 0.1) is 15.3 Å². The van der Waals surface area contributed by atoms with Gasteiger partial charge in [-0.15, -0.1) is 0 Å². The Morgan fingerprint density at radius 3 is 0.600 bits per heavy atom. The zero-order valence-corrected chi connectivity index (χ0v) is 12.2. The standard InChI is InChI=1S/3NO3.Na.H2O.Zn/c3*2-1(3)4;;;/h;;;;1H2;/q3*-1;+1;;+2. The Morgan fingerprint density at radius 2 is 0.600 bits per heavy atom. The Kier molecular flexibility index (Phi) is 71.7. The van der Waals surface area contributed by atoms with Gasteiger partial charge in [0.15, 0.2) is 0 Å². The molecule has 13 nitrogen and oxygen atoms in total. The van der Waals surface area contributed by atoms with Gasteiger partial charge >= 0.3 is 49.0 Å². The molecule has 0 amide bonds. The number of hydrogen-bond acceptors (Lipinski definition) is 9. The van der Waals surface area contributed by atoms with Crippen LogP contribution in [0.3, 0.4) is 0 Å². The average Bonchev–Trinajstić information content (AvgIpc) is 1.54. The Morgan fingerprint density at radius 1 is 0.600 bits per heavy atom. The van der Waals surface area contributed by atoms with E-state index in [-0.39, 0.29) is 54.5 Å². The summed E-state index contributed by atoms with van der Waals surface area (Å²) in [4.78, 5) is 24.8. The van der Waals surface area contributed by atoms with Gasteiger partial charge < -0.3 is 51.4 Å². The van der Waals surface area contributed by atoms with E-state index in [1.165, 1.54) is 0 Å². The smallest absolute Gasteiger partial charge is 0.412 e. The second-order valence-electron chi connectivity index (χ2n) is 0.671. The van der Waals surface area contributed by atoms with Crippen molar-refractivity contribution >= 4 is 0 Å². The maximum Gasteiger partial charge on any atom is 2.00 e. The Labute approximate surface area is 115 Å². The third kappa shape index (κ3) is 2470. The second kappa shape index (κ2) is 29.2. The molecule has 0 aromatic rings. The van der Waals surface area contributed by atoms with Crippen LogP contribution in [0.5, 0.6) is 0 Å². The normalized spacial score (nSPS) is 4.80. The molecule has 0 aromatic heterocycles. The molecule has 0 radical (unpaired) electrons. The van der Waals surface area contributed by atoms with Crippen LogP contribution in [0, 0.1) is 46.0 Å². The van der Waals surface area contributed by atoms with Gasteiger partial charge in [0.25, 0.3) is 0 Å². The first-order chi connectivity index (χ1) is 5.20. The summed E-state index contributed by atoms with van der Waals surface area (Å²) >= 11 is 0. The largest absolute Gasteiger partial charge is 2.00 e. The van der Waals surface area contributed by atoms with Crippen molar-refractivity contribution in [1.82, 2.24) is 0 Å². The van der Waals surface area contributed by atoms with E-state index in [2.05, 4.69) is 0 Å². The van der Waals surface area contributed by atoms with Crippen LogP contribution in [0.2, 0.25) is 0 Å². The topological polar surface area (TPSA) is 230 Å². The van der Waals surface area contributed by atoms with E-state index in [1.54, 1.807) is 0 Å². The van der Waals surface area contributed by atoms with Crippen LogP contribution < -0.4 is 29.6 Å². The zero-order chi connectivity index (χ0) is 10.7. The first kappa shape index (κ1) is 36.8. The van der Waals surface area contributed by atoms with Crippen LogP contribution in [0.1, 0.15) is 0 Å². The molecule has 0 rings (SSSR count). The van der Waals surface area contributed by atoms with E-state index >= 15 is 0 Å². The Balaban J connectivity index is -0.0000000184. The molecule has 0 fully saturated rings. The van der Waals surface area contributed by atoms with Crippen molar-refractivity contribution in [2.75, 3.05) is 0 Å². The van der Waals surface area contributed by atoms with Crippen LogP contribution in [0.25, 0.3) is 0 Å². The van der Waals surface area contributed by atoms with Crippen molar-refractivity contribution in [1.29, 1.82) is 0 Å². The average molecular weight is 292 g/mol. The van der Waals surface area contributed by atoms with Crippen LogP contribution in [-0.2, 0) is 19.5 Å². The molecule has 15 heteroatoms. The monoisotopic (exact) mass is 291 g/mol. The minimum absolute atomic E-state index is 0. The van der Waals surface area contributed by atoms with Crippen molar-refractivity contribution in [3.05, 3.63) is 46.0 Å². The predicted octanol–water partition coefficient (Wildman–Crippen LogP) is -4.54. The summed E-state index contributed by atoms with van der Waals surface area (Å²) in [5.74, 6) is 0. The quantitative estimate of drug-likeness (QED) is 0.237. The second-order valence-corrected chi connectivity index (χ2v) is 0.671. The molecule has 0 aliphatic heterocycles. The third-order valence-electron chi connectivity index (χ3n) is 0. The summed E-state index contributed by atoms with van der Waals surface area (Å²) in [5.41, 5.74) is 0. The first-order valence-corrected chi connectivity index (χ1v) is 1.64. The van der Waals surface area contributed by atoms with E-state index in [1.807, 2.05) is 0 Å². The maximum atomic E-state index is 8.25. The molecule has 0 saturated carbocycles. The summed E-state index contributed by atoms with van der Waals surface area (Å²) in [6.45, 7) is 0. The van der Waals surface area contributed by atoms with Gasteiger partial charge in [0, 0.05) is 0 Å². The van der Waals surface area contributed by atoms with E-state index in [0.717, 1.165) is 0 Å². The summed E-state index contributed by atoms with van der Waals surface area (Å²) in [6, 6.07) is 0. The van der Waals surface area contributed by atoms with Gasteiger partial charge in [-0.05, 0) is 0 Å². The van der Waals surface area contributed by atoms with Crippen molar-refractivity contribution < 1.29 is 69.8 Å². The minimum atomic E-state index is -1.75. The van der Waals surface area contributed by atoms with Crippen molar-refractivity contribution in [2.24, 2.45) is 0 Å². The van der Waals surface area contributed by atoms with Crippen molar-refractivity contribution in [3.8, 4) is 0 Å². The molecule has 2 N–H and O–H groups in total. The summed E-state index contributed by atoms with van der Waals surface area (Å²) in [5, 5.41) is 44.2. The summed E-state index contributed by atoms with van der Waals surface area (Å²) in [6.07, 6.45) is 0. The fourth-order valence-corrected chi connectivity index (χ4v) is 0. The molecule has 0 aliphatic rings.